The molecule has 13 heteroatoms. The van der Waals surface area contributed by atoms with Crippen LogP contribution < -0.4 is 10.9 Å². The fourth-order valence-corrected chi connectivity index (χ4v) is 4.41. The van der Waals surface area contributed by atoms with Gasteiger partial charge in [0.2, 0.25) is 0 Å². The molecule has 0 amide bonds. The molecule has 0 aromatic carbocycles. The summed E-state index contributed by atoms with van der Waals surface area (Å²) in [5, 5.41) is 22.4. The number of hydrogen-bond donors (Lipinski definition) is 3. The number of fused-ring (bicyclic) bond motifs is 3. The zero-order valence-electron chi connectivity index (χ0n) is 16.4. The molecule has 4 rings (SSSR count). The summed E-state index contributed by atoms with van der Waals surface area (Å²) in [7, 11) is 2.97. The van der Waals surface area contributed by atoms with Gasteiger partial charge in [0.05, 0.1) is 34.4 Å². The highest BCUT2D eigenvalue weighted by Crippen LogP contribution is 2.31. The smallest absolute Gasteiger partial charge is 0.393 e. The van der Waals surface area contributed by atoms with E-state index in [9.17, 15) is 18.0 Å². The Kier molecular flexibility index (Phi) is 5.13. The van der Waals surface area contributed by atoms with E-state index in [2.05, 4.69) is 25.6 Å². The standard InChI is InChI=1S/C18H17F3N8OS/c1-23-7-11(18(19,20)21)12(22)8-29-17(30)14-10(6-25-29)15-16(28(14)2)26-13(31-15)5-9-3-4-24-27-9/h3-4,6-7,22-23H,5,8H2,1-2H3,(H,24,27)/b11-7+,22-12?. The molecule has 0 aliphatic carbocycles. The summed E-state index contributed by atoms with van der Waals surface area (Å²) in [6.45, 7) is -0.613. The third kappa shape index (κ3) is 3.71. The van der Waals surface area contributed by atoms with Crippen molar-refractivity contribution in [1.82, 2.24) is 34.8 Å². The van der Waals surface area contributed by atoms with Crippen LogP contribution in [0.1, 0.15) is 10.7 Å². The van der Waals surface area contributed by atoms with Crippen molar-refractivity contribution >= 4 is 38.3 Å². The van der Waals surface area contributed by atoms with Gasteiger partial charge in [-0.25, -0.2) is 9.67 Å². The lowest BCUT2D eigenvalue weighted by atomic mass is 10.1. The number of halogens is 3. The van der Waals surface area contributed by atoms with Crippen molar-refractivity contribution in [2.45, 2.75) is 19.1 Å². The fraction of sp³-hybridized carbons (Fsp3) is 0.278. The molecule has 3 N–H and O–H groups in total. The number of thiazole rings is 1. The minimum atomic E-state index is -4.73. The van der Waals surface area contributed by atoms with E-state index >= 15 is 0 Å². The van der Waals surface area contributed by atoms with Gasteiger partial charge in [-0.05, 0) is 6.07 Å². The van der Waals surface area contributed by atoms with Crippen LogP contribution in [0.5, 0.6) is 0 Å². The molecule has 0 fully saturated rings. The Hall–Kier alpha value is -3.48. The predicted octanol–water partition coefficient (Wildman–Crippen LogP) is 2.34. The van der Waals surface area contributed by atoms with Crippen molar-refractivity contribution in [2.24, 2.45) is 7.05 Å². The number of H-pyrrole nitrogens is 1. The molecule has 0 spiro atoms. The van der Waals surface area contributed by atoms with Gasteiger partial charge in [0.1, 0.15) is 10.5 Å². The first-order valence-corrected chi connectivity index (χ1v) is 9.87. The molecule has 0 aliphatic heterocycles. The second-order valence-electron chi connectivity index (χ2n) is 6.75. The van der Waals surface area contributed by atoms with E-state index in [1.165, 1.54) is 24.6 Å². The molecule has 4 heterocycles. The van der Waals surface area contributed by atoms with E-state index < -0.39 is 29.6 Å². The lowest BCUT2D eigenvalue weighted by molar-refractivity contribution is -0.0866. The van der Waals surface area contributed by atoms with Gasteiger partial charge in [0.25, 0.3) is 5.56 Å². The normalized spacial score (nSPS) is 12.7. The number of nitrogens with zero attached hydrogens (tertiary/aromatic N) is 5. The van der Waals surface area contributed by atoms with E-state index in [1.807, 2.05) is 6.07 Å². The molecule has 4 aromatic heterocycles. The highest BCUT2D eigenvalue weighted by Gasteiger charge is 2.36. The quantitative estimate of drug-likeness (QED) is 0.390. The van der Waals surface area contributed by atoms with Gasteiger partial charge in [-0.1, -0.05) is 0 Å². The minimum Gasteiger partial charge on any atom is -0.393 e. The van der Waals surface area contributed by atoms with Gasteiger partial charge in [0, 0.05) is 38.3 Å². The first-order valence-electron chi connectivity index (χ1n) is 9.05. The number of aromatic amines is 1. The third-order valence-corrected chi connectivity index (χ3v) is 5.77. The predicted molar refractivity (Wildman–Crippen MR) is 110 cm³/mol. The first kappa shape index (κ1) is 20.8. The van der Waals surface area contributed by atoms with Crippen LogP contribution in [0.2, 0.25) is 0 Å². The van der Waals surface area contributed by atoms with E-state index in [0.717, 1.165) is 20.1 Å². The number of alkyl halides is 3. The summed E-state index contributed by atoms with van der Waals surface area (Å²) in [6, 6.07) is 1.84. The Labute approximate surface area is 176 Å². The molecule has 0 radical (unpaired) electrons. The largest absolute Gasteiger partial charge is 0.419 e. The molecule has 0 saturated carbocycles. The maximum Gasteiger partial charge on any atom is 0.419 e. The lowest BCUT2D eigenvalue weighted by Crippen LogP contribution is -2.31. The molecule has 0 atom stereocenters. The zero-order valence-corrected chi connectivity index (χ0v) is 17.2. The molecule has 31 heavy (non-hydrogen) atoms. The van der Waals surface area contributed by atoms with Crippen molar-refractivity contribution in [2.75, 3.05) is 7.05 Å². The van der Waals surface area contributed by atoms with Crippen molar-refractivity contribution < 1.29 is 13.2 Å². The topological polar surface area (TPSA) is 117 Å². The number of aromatic nitrogens is 6. The second kappa shape index (κ2) is 7.65. The van der Waals surface area contributed by atoms with Gasteiger partial charge < -0.3 is 15.3 Å². The van der Waals surface area contributed by atoms with Crippen LogP contribution in [-0.4, -0.2) is 48.5 Å². The molecule has 162 valence electrons. The van der Waals surface area contributed by atoms with Crippen LogP contribution in [0.4, 0.5) is 13.2 Å². The zero-order chi connectivity index (χ0) is 22.3. The monoisotopic (exact) mass is 450 g/mol. The fourth-order valence-electron chi connectivity index (χ4n) is 3.28. The van der Waals surface area contributed by atoms with Crippen molar-refractivity contribution in [3.05, 3.63) is 51.3 Å². The van der Waals surface area contributed by atoms with Gasteiger partial charge in [-0.15, -0.1) is 11.3 Å². The first-order chi connectivity index (χ1) is 14.7. The molecular weight excluding hydrogens is 433 g/mol. The molecule has 4 aromatic rings. The molecule has 0 aliphatic rings. The molecule has 9 nitrogen and oxygen atoms in total. The summed E-state index contributed by atoms with van der Waals surface area (Å²) in [5.41, 5.74) is -0.836. The van der Waals surface area contributed by atoms with E-state index in [-0.39, 0.29) is 5.52 Å². The van der Waals surface area contributed by atoms with Gasteiger partial charge in [-0.3, -0.25) is 9.89 Å². The summed E-state index contributed by atoms with van der Waals surface area (Å²) in [6.07, 6.45) is -0.356. The summed E-state index contributed by atoms with van der Waals surface area (Å²) >= 11 is 1.41. The van der Waals surface area contributed by atoms with Crippen LogP contribution in [0, 0.1) is 5.41 Å². The third-order valence-electron chi connectivity index (χ3n) is 4.69. The maximum absolute atomic E-state index is 13.2. The average Bonchev–Trinajstić information content (AvgIpc) is 3.40. The van der Waals surface area contributed by atoms with Crippen LogP contribution in [-0.2, 0) is 20.0 Å². The van der Waals surface area contributed by atoms with E-state index in [1.54, 1.807) is 17.8 Å². The van der Waals surface area contributed by atoms with Crippen LogP contribution in [0.25, 0.3) is 21.3 Å². The van der Waals surface area contributed by atoms with Gasteiger partial charge in [0.15, 0.2) is 5.65 Å². The van der Waals surface area contributed by atoms with Gasteiger partial charge in [-0.2, -0.15) is 23.4 Å². The molecule has 0 unspecified atom stereocenters. The van der Waals surface area contributed by atoms with E-state index in [4.69, 9.17) is 5.41 Å². The van der Waals surface area contributed by atoms with Gasteiger partial charge >= 0.3 is 6.18 Å². The SMILES string of the molecule is CN/C=C(\C(=N)Cn1ncc2c3sc(Cc4cc[nH]n4)nc3n(C)c2c1=O)C(F)(F)F. The number of rotatable bonds is 6. The number of aryl methyl sites for hydroxylation is 1. The summed E-state index contributed by atoms with van der Waals surface area (Å²) in [4.78, 5) is 17.5. The van der Waals surface area contributed by atoms with Crippen LogP contribution in [0.3, 0.4) is 0 Å². The summed E-state index contributed by atoms with van der Waals surface area (Å²) < 4.78 is 42.7. The molecular formula is C18H17F3N8OS. The lowest BCUT2D eigenvalue weighted by Gasteiger charge is -2.13. The maximum atomic E-state index is 13.2. The Balaban J connectivity index is 1.72. The highest BCUT2D eigenvalue weighted by atomic mass is 32.1. The Bertz CT molecular complexity index is 1360. The Morgan fingerprint density at radius 3 is 2.84 bits per heavy atom. The van der Waals surface area contributed by atoms with Crippen molar-refractivity contribution in [3.8, 4) is 0 Å². The number of hydrogen-bond acceptors (Lipinski definition) is 7. The minimum absolute atomic E-state index is 0.272. The van der Waals surface area contributed by atoms with Crippen molar-refractivity contribution in [3.63, 3.8) is 0 Å². The molecule has 0 bridgehead atoms. The van der Waals surface area contributed by atoms with E-state index in [0.29, 0.717) is 23.7 Å². The molecule has 0 saturated heterocycles. The van der Waals surface area contributed by atoms with Crippen LogP contribution in [0.15, 0.2) is 35.0 Å². The summed E-state index contributed by atoms with van der Waals surface area (Å²) in [5.74, 6) is 0. The van der Waals surface area contributed by atoms with Crippen molar-refractivity contribution in [1.29, 1.82) is 5.41 Å². The number of nitrogens with one attached hydrogen (secondary N) is 3. The number of allylic oxidation sites excluding steroid dienone is 1. The van der Waals surface area contributed by atoms with Crippen LogP contribution >= 0.6 is 11.3 Å². The Morgan fingerprint density at radius 1 is 1.42 bits per heavy atom. The Morgan fingerprint density at radius 2 is 2.19 bits per heavy atom. The second-order valence-corrected chi connectivity index (χ2v) is 7.84. The highest BCUT2D eigenvalue weighted by molar-refractivity contribution is 7.19. The average molecular weight is 450 g/mol.